The van der Waals surface area contributed by atoms with Crippen LogP contribution in [0.2, 0.25) is 0 Å². The molecule has 1 atom stereocenters. The van der Waals surface area contributed by atoms with Crippen molar-refractivity contribution in [2.24, 2.45) is 0 Å². The van der Waals surface area contributed by atoms with Crippen LogP contribution in [0.1, 0.15) is 17.5 Å². The SMILES string of the molecule is C=CCNC1(C(=O)O)CCc2cc(Br)ccc2C1. The third-order valence-corrected chi connectivity index (χ3v) is 3.97. The molecule has 1 aromatic rings. The van der Waals surface area contributed by atoms with Crippen molar-refractivity contribution in [3.63, 3.8) is 0 Å². The molecule has 96 valence electrons. The van der Waals surface area contributed by atoms with Crippen molar-refractivity contribution in [2.75, 3.05) is 6.54 Å². The van der Waals surface area contributed by atoms with Gasteiger partial charge in [-0.3, -0.25) is 10.1 Å². The van der Waals surface area contributed by atoms with E-state index >= 15 is 0 Å². The Morgan fingerprint density at radius 2 is 2.33 bits per heavy atom. The number of nitrogens with one attached hydrogen (secondary N) is 1. The third-order valence-electron chi connectivity index (χ3n) is 3.48. The summed E-state index contributed by atoms with van der Waals surface area (Å²) in [5, 5.41) is 12.6. The molecule has 2 N–H and O–H groups in total. The topological polar surface area (TPSA) is 49.3 Å². The monoisotopic (exact) mass is 309 g/mol. The van der Waals surface area contributed by atoms with Gasteiger partial charge in [0.15, 0.2) is 0 Å². The molecule has 1 aliphatic carbocycles. The summed E-state index contributed by atoms with van der Waals surface area (Å²) in [7, 11) is 0. The molecule has 3 nitrogen and oxygen atoms in total. The van der Waals surface area contributed by atoms with Gasteiger partial charge in [0.1, 0.15) is 5.54 Å². The van der Waals surface area contributed by atoms with Gasteiger partial charge >= 0.3 is 5.97 Å². The Bertz CT molecular complexity index is 487. The zero-order chi connectivity index (χ0) is 13.2. The summed E-state index contributed by atoms with van der Waals surface area (Å²) in [5.74, 6) is -0.780. The summed E-state index contributed by atoms with van der Waals surface area (Å²) >= 11 is 3.44. The van der Waals surface area contributed by atoms with Crippen LogP contribution in [0.15, 0.2) is 35.3 Å². The van der Waals surface area contributed by atoms with Crippen LogP contribution in [0.25, 0.3) is 0 Å². The van der Waals surface area contributed by atoms with Crippen molar-refractivity contribution in [1.82, 2.24) is 5.32 Å². The van der Waals surface area contributed by atoms with Gasteiger partial charge in [-0.15, -0.1) is 6.58 Å². The van der Waals surface area contributed by atoms with Crippen LogP contribution in [-0.2, 0) is 17.6 Å². The number of carboxylic acids is 1. The Morgan fingerprint density at radius 3 is 3.00 bits per heavy atom. The van der Waals surface area contributed by atoms with E-state index in [0.717, 1.165) is 16.5 Å². The van der Waals surface area contributed by atoms with E-state index in [1.807, 2.05) is 12.1 Å². The lowest BCUT2D eigenvalue weighted by Gasteiger charge is -2.35. The van der Waals surface area contributed by atoms with Crippen molar-refractivity contribution in [2.45, 2.75) is 24.8 Å². The van der Waals surface area contributed by atoms with Gasteiger partial charge in [-0.2, -0.15) is 0 Å². The first-order valence-electron chi connectivity index (χ1n) is 5.94. The summed E-state index contributed by atoms with van der Waals surface area (Å²) < 4.78 is 1.04. The van der Waals surface area contributed by atoms with Crippen molar-refractivity contribution in [3.8, 4) is 0 Å². The summed E-state index contributed by atoms with van der Waals surface area (Å²) in [6.45, 7) is 4.14. The number of benzene rings is 1. The van der Waals surface area contributed by atoms with E-state index in [4.69, 9.17) is 0 Å². The van der Waals surface area contributed by atoms with Crippen molar-refractivity contribution < 1.29 is 9.90 Å². The van der Waals surface area contributed by atoms with E-state index in [1.54, 1.807) is 6.08 Å². The number of aryl methyl sites for hydroxylation is 1. The fourth-order valence-electron chi connectivity index (χ4n) is 2.44. The van der Waals surface area contributed by atoms with Gasteiger partial charge in [0.25, 0.3) is 0 Å². The van der Waals surface area contributed by atoms with Gasteiger partial charge in [-0.05, 0) is 36.1 Å². The molecule has 0 fully saturated rings. The number of rotatable bonds is 4. The van der Waals surface area contributed by atoms with E-state index in [0.29, 0.717) is 19.4 Å². The van der Waals surface area contributed by atoms with Gasteiger partial charge in [-0.25, -0.2) is 0 Å². The van der Waals surface area contributed by atoms with Crippen molar-refractivity contribution >= 4 is 21.9 Å². The van der Waals surface area contributed by atoms with Crippen molar-refractivity contribution in [1.29, 1.82) is 0 Å². The van der Waals surface area contributed by atoms with Crippen LogP contribution < -0.4 is 5.32 Å². The maximum absolute atomic E-state index is 11.6. The summed E-state index contributed by atoms with van der Waals surface area (Å²) in [5.41, 5.74) is 1.50. The van der Waals surface area contributed by atoms with Gasteiger partial charge in [0, 0.05) is 17.4 Å². The van der Waals surface area contributed by atoms with Crippen LogP contribution in [0.4, 0.5) is 0 Å². The number of fused-ring (bicyclic) bond motifs is 1. The Balaban J connectivity index is 2.29. The third kappa shape index (κ3) is 2.49. The Labute approximate surface area is 115 Å². The molecule has 2 rings (SSSR count). The molecule has 18 heavy (non-hydrogen) atoms. The number of halogens is 1. The Kier molecular flexibility index (Phi) is 3.88. The smallest absolute Gasteiger partial charge is 0.324 e. The summed E-state index contributed by atoms with van der Waals surface area (Å²) in [4.78, 5) is 11.6. The molecule has 1 aromatic carbocycles. The first-order chi connectivity index (χ1) is 8.57. The molecule has 1 unspecified atom stereocenters. The molecule has 0 amide bonds. The van der Waals surface area contributed by atoms with Gasteiger partial charge in [0.2, 0.25) is 0 Å². The second-order valence-corrected chi connectivity index (χ2v) is 5.56. The molecule has 0 aromatic heterocycles. The molecule has 0 aliphatic heterocycles. The molecule has 4 heteroatoms. The van der Waals surface area contributed by atoms with Crippen LogP contribution in [0.3, 0.4) is 0 Å². The predicted molar refractivity (Wildman–Crippen MR) is 74.7 cm³/mol. The molecule has 0 heterocycles. The fraction of sp³-hybridized carbons (Fsp3) is 0.357. The second-order valence-electron chi connectivity index (χ2n) is 4.65. The highest BCUT2D eigenvalue weighted by Crippen LogP contribution is 2.31. The molecular formula is C14H16BrNO2. The van der Waals surface area contributed by atoms with Gasteiger partial charge < -0.3 is 5.11 Å². The molecule has 0 spiro atoms. The maximum atomic E-state index is 11.6. The van der Waals surface area contributed by atoms with E-state index in [1.165, 1.54) is 5.56 Å². The molecule has 0 radical (unpaired) electrons. The predicted octanol–water partition coefficient (Wildman–Crippen LogP) is 2.54. The highest BCUT2D eigenvalue weighted by atomic mass is 79.9. The molecule has 0 saturated heterocycles. The number of hydrogen-bond acceptors (Lipinski definition) is 2. The van der Waals surface area contributed by atoms with Gasteiger partial charge in [0.05, 0.1) is 0 Å². The second kappa shape index (κ2) is 5.24. The fourth-order valence-corrected chi connectivity index (χ4v) is 2.85. The number of carboxylic acid groups (broad SMARTS) is 1. The lowest BCUT2D eigenvalue weighted by Crippen LogP contribution is -2.55. The van der Waals surface area contributed by atoms with Crippen LogP contribution in [0.5, 0.6) is 0 Å². The quantitative estimate of drug-likeness (QED) is 0.840. The minimum Gasteiger partial charge on any atom is -0.480 e. The molecule has 1 aliphatic rings. The van der Waals surface area contributed by atoms with Crippen LogP contribution in [0, 0.1) is 0 Å². The highest BCUT2D eigenvalue weighted by Gasteiger charge is 2.40. The van der Waals surface area contributed by atoms with Crippen LogP contribution in [-0.4, -0.2) is 23.2 Å². The molecule has 0 saturated carbocycles. The number of hydrogen-bond donors (Lipinski definition) is 2. The normalized spacial score (nSPS) is 22.3. The first kappa shape index (κ1) is 13.3. The minimum absolute atomic E-state index is 0.512. The summed E-state index contributed by atoms with van der Waals surface area (Å²) in [6.07, 6.45) is 3.62. The molecular weight excluding hydrogens is 294 g/mol. The van der Waals surface area contributed by atoms with Gasteiger partial charge in [-0.1, -0.05) is 28.1 Å². The zero-order valence-corrected chi connectivity index (χ0v) is 11.7. The molecule has 0 bridgehead atoms. The number of carbonyl (C=O) groups is 1. The van der Waals surface area contributed by atoms with E-state index in [9.17, 15) is 9.90 Å². The Morgan fingerprint density at radius 1 is 1.56 bits per heavy atom. The Hall–Kier alpha value is -1.13. The van der Waals surface area contributed by atoms with Crippen molar-refractivity contribution in [3.05, 3.63) is 46.5 Å². The minimum atomic E-state index is -0.852. The largest absolute Gasteiger partial charge is 0.480 e. The number of aliphatic carboxylic acids is 1. The van der Waals surface area contributed by atoms with E-state index in [-0.39, 0.29) is 0 Å². The average molecular weight is 310 g/mol. The maximum Gasteiger partial charge on any atom is 0.324 e. The van der Waals surface area contributed by atoms with Crippen LogP contribution >= 0.6 is 15.9 Å². The first-order valence-corrected chi connectivity index (χ1v) is 6.73. The highest BCUT2D eigenvalue weighted by molar-refractivity contribution is 9.10. The standard InChI is InChI=1S/C14H16BrNO2/c1-2-7-16-14(13(17)18)6-5-10-8-12(15)4-3-11(10)9-14/h2-4,8,16H,1,5-7,9H2,(H,17,18). The lowest BCUT2D eigenvalue weighted by atomic mass is 9.78. The summed E-state index contributed by atoms with van der Waals surface area (Å²) in [6, 6.07) is 6.05. The lowest BCUT2D eigenvalue weighted by molar-refractivity contribution is -0.145. The zero-order valence-electron chi connectivity index (χ0n) is 10.1. The average Bonchev–Trinajstić information content (AvgIpc) is 2.36. The van der Waals surface area contributed by atoms with E-state index < -0.39 is 11.5 Å². The van der Waals surface area contributed by atoms with E-state index in [2.05, 4.69) is 33.9 Å².